The van der Waals surface area contributed by atoms with Gasteiger partial charge in [0, 0.05) is 24.4 Å². The van der Waals surface area contributed by atoms with E-state index in [9.17, 15) is 18.4 Å². The van der Waals surface area contributed by atoms with Gasteiger partial charge in [-0.2, -0.15) is 0 Å². The first kappa shape index (κ1) is 16.4. The molecule has 23 heavy (non-hydrogen) atoms. The van der Waals surface area contributed by atoms with Crippen LogP contribution in [0.5, 0.6) is 0 Å². The molecule has 0 radical (unpaired) electrons. The molecule has 0 aliphatic heterocycles. The van der Waals surface area contributed by atoms with Gasteiger partial charge in [-0.25, -0.2) is 8.78 Å². The molecular formula is C16H15F2N3O2. The molecule has 2 aromatic rings. The van der Waals surface area contributed by atoms with Gasteiger partial charge in [-0.3, -0.25) is 9.59 Å². The summed E-state index contributed by atoms with van der Waals surface area (Å²) in [6, 6.07) is 9.71. The summed E-state index contributed by atoms with van der Waals surface area (Å²) >= 11 is 0. The van der Waals surface area contributed by atoms with Crippen LogP contribution in [0, 0.1) is 11.6 Å². The summed E-state index contributed by atoms with van der Waals surface area (Å²) in [4.78, 5) is 22.8. The Morgan fingerprint density at radius 1 is 1.00 bits per heavy atom. The topological polar surface area (TPSA) is 70.2 Å². The molecule has 0 heterocycles. The minimum absolute atomic E-state index is 0.0924. The fourth-order valence-electron chi connectivity index (χ4n) is 1.88. The van der Waals surface area contributed by atoms with Crippen molar-refractivity contribution in [2.75, 3.05) is 22.5 Å². The van der Waals surface area contributed by atoms with Crippen molar-refractivity contribution in [2.24, 2.45) is 0 Å². The summed E-state index contributed by atoms with van der Waals surface area (Å²) in [5.41, 5.74) is 1.11. The molecule has 0 spiro atoms. The first-order valence-corrected chi connectivity index (χ1v) is 6.80. The van der Waals surface area contributed by atoms with Crippen molar-refractivity contribution in [3.05, 3.63) is 54.1 Å². The molecule has 0 aromatic heterocycles. The smallest absolute Gasteiger partial charge is 0.243 e. The normalized spacial score (nSPS) is 10.0. The van der Waals surface area contributed by atoms with Crippen LogP contribution in [-0.4, -0.2) is 18.4 Å². The van der Waals surface area contributed by atoms with E-state index in [0.717, 1.165) is 12.1 Å². The van der Waals surface area contributed by atoms with Gasteiger partial charge in [0.05, 0.1) is 12.2 Å². The molecule has 0 aliphatic rings. The van der Waals surface area contributed by atoms with E-state index in [-0.39, 0.29) is 18.1 Å². The van der Waals surface area contributed by atoms with E-state index in [1.807, 2.05) is 0 Å². The summed E-state index contributed by atoms with van der Waals surface area (Å²) in [6.45, 7) is 1.28. The van der Waals surface area contributed by atoms with Crippen LogP contribution in [0.3, 0.4) is 0 Å². The highest BCUT2D eigenvalue weighted by Gasteiger charge is 2.08. The Kier molecular flexibility index (Phi) is 5.24. The van der Waals surface area contributed by atoms with Crippen LogP contribution in [0.2, 0.25) is 0 Å². The van der Waals surface area contributed by atoms with E-state index in [2.05, 4.69) is 16.0 Å². The maximum Gasteiger partial charge on any atom is 0.243 e. The summed E-state index contributed by atoms with van der Waals surface area (Å²) < 4.78 is 26.2. The van der Waals surface area contributed by atoms with Crippen LogP contribution in [0.15, 0.2) is 42.5 Å². The van der Waals surface area contributed by atoms with Crippen LogP contribution < -0.4 is 16.0 Å². The Morgan fingerprint density at radius 3 is 2.43 bits per heavy atom. The summed E-state index contributed by atoms with van der Waals surface area (Å²) in [7, 11) is 0. The largest absolute Gasteiger partial charge is 0.376 e. The minimum atomic E-state index is -0.842. The maximum absolute atomic E-state index is 13.4. The predicted molar refractivity (Wildman–Crippen MR) is 84.2 cm³/mol. The summed E-state index contributed by atoms with van der Waals surface area (Å²) in [5.74, 6) is -2.24. The average molecular weight is 319 g/mol. The molecule has 0 fully saturated rings. The van der Waals surface area contributed by atoms with Gasteiger partial charge in [-0.15, -0.1) is 0 Å². The van der Waals surface area contributed by atoms with Gasteiger partial charge in [0.15, 0.2) is 0 Å². The van der Waals surface area contributed by atoms with Gasteiger partial charge < -0.3 is 16.0 Å². The Hall–Kier alpha value is -2.96. The summed E-state index contributed by atoms with van der Waals surface area (Å²) in [5, 5.41) is 7.81. The molecule has 0 bridgehead atoms. The van der Waals surface area contributed by atoms with Gasteiger partial charge in [-0.1, -0.05) is 6.07 Å². The molecule has 0 saturated heterocycles. The number of amides is 2. The van der Waals surface area contributed by atoms with Crippen molar-refractivity contribution in [2.45, 2.75) is 6.92 Å². The van der Waals surface area contributed by atoms with Gasteiger partial charge >= 0.3 is 0 Å². The number of benzene rings is 2. The van der Waals surface area contributed by atoms with Crippen molar-refractivity contribution in [3.63, 3.8) is 0 Å². The summed E-state index contributed by atoms with van der Waals surface area (Å²) in [6.07, 6.45) is 0. The van der Waals surface area contributed by atoms with Gasteiger partial charge in [0.1, 0.15) is 11.6 Å². The van der Waals surface area contributed by atoms with Crippen LogP contribution in [0.4, 0.5) is 25.8 Å². The van der Waals surface area contributed by atoms with Gasteiger partial charge in [-0.05, 0) is 30.3 Å². The molecule has 0 aliphatic carbocycles. The first-order chi connectivity index (χ1) is 10.9. The van der Waals surface area contributed by atoms with Crippen LogP contribution in [0.1, 0.15) is 6.92 Å². The lowest BCUT2D eigenvalue weighted by Crippen LogP contribution is -2.22. The van der Waals surface area contributed by atoms with Gasteiger partial charge in [0.25, 0.3) is 0 Å². The van der Waals surface area contributed by atoms with Gasteiger partial charge in [0.2, 0.25) is 11.8 Å². The Labute approximate surface area is 131 Å². The molecule has 0 atom stereocenters. The van der Waals surface area contributed by atoms with Crippen molar-refractivity contribution in [1.82, 2.24) is 0 Å². The van der Waals surface area contributed by atoms with E-state index in [4.69, 9.17) is 0 Å². The first-order valence-electron chi connectivity index (χ1n) is 6.80. The van der Waals surface area contributed by atoms with E-state index >= 15 is 0 Å². The van der Waals surface area contributed by atoms with Crippen molar-refractivity contribution < 1.29 is 18.4 Å². The lowest BCUT2D eigenvalue weighted by molar-refractivity contribution is -0.115. The number of carbonyl (C=O) groups is 2. The third kappa shape index (κ3) is 5.06. The van der Waals surface area contributed by atoms with Crippen molar-refractivity contribution in [3.8, 4) is 0 Å². The van der Waals surface area contributed by atoms with E-state index in [0.29, 0.717) is 17.4 Å². The zero-order chi connectivity index (χ0) is 16.8. The third-order valence-corrected chi connectivity index (χ3v) is 2.84. The second kappa shape index (κ2) is 7.35. The quantitative estimate of drug-likeness (QED) is 0.793. The Morgan fingerprint density at radius 2 is 1.74 bits per heavy atom. The Bertz CT molecular complexity index is 735. The fraction of sp³-hybridized carbons (Fsp3) is 0.125. The number of carbonyl (C=O) groups excluding carboxylic acids is 2. The second-order valence-corrected chi connectivity index (χ2v) is 4.79. The lowest BCUT2D eigenvalue weighted by Gasteiger charge is -2.10. The number of anilines is 3. The van der Waals surface area contributed by atoms with Crippen molar-refractivity contribution >= 4 is 28.9 Å². The molecular weight excluding hydrogens is 304 g/mol. The third-order valence-electron chi connectivity index (χ3n) is 2.84. The SMILES string of the molecule is CC(=O)Nc1cccc(NCC(=O)Nc2ccc(F)cc2F)c1. The van der Waals surface area contributed by atoms with E-state index in [1.165, 1.54) is 6.92 Å². The molecule has 2 rings (SSSR count). The molecule has 0 saturated carbocycles. The molecule has 2 aromatic carbocycles. The number of hydrogen-bond donors (Lipinski definition) is 3. The zero-order valence-corrected chi connectivity index (χ0v) is 12.3. The van der Waals surface area contributed by atoms with Crippen molar-refractivity contribution in [1.29, 1.82) is 0 Å². The monoisotopic (exact) mass is 319 g/mol. The van der Waals surface area contributed by atoms with Crippen LogP contribution in [0.25, 0.3) is 0 Å². The number of nitrogens with one attached hydrogen (secondary N) is 3. The fourth-order valence-corrected chi connectivity index (χ4v) is 1.88. The maximum atomic E-state index is 13.4. The molecule has 3 N–H and O–H groups in total. The highest BCUT2D eigenvalue weighted by atomic mass is 19.1. The molecule has 2 amide bonds. The Balaban J connectivity index is 1.92. The predicted octanol–water partition coefficient (Wildman–Crippen LogP) is 2.97. The highest BCUT2D eigenvalue weighted by Crippen LogP contribution is 2.16. The number of hydrogen-bond acceptors (Lipinski definition) is 3. The van der Waals surface area contributed by atoms with E-state index < -0.39 is 17.5 Å². The number of halogens is 2. The van der Waals surface area contributed by atoms with Crippen LogP contribution >= 0.6 is 0 Å². The number of rotatable bonds is 5. The lowest BCUT2D eigenvalue weighted by atomic mass is 10.2. The van der Waals surface area contributed by atoms with Crippen LogP contribution in [-0.2, 0) is 9.59 Å². The average Bonchev–Trinajstić information content (AvgIpc) is 2.48. The highest BCUT2D eigenvalue weighted by molar-refractivity contribution is 5.94. The molecule has 5 nitrogen and oxygen atoms in total. The minimum Gasteiger partial charge on any atom is -0.376 e. The molecule has 0 unspecified atom stereocenters. The molecule has 7 heteroatoms. The second-order valence-electron chi connectivity index (χ2n) is 4.79. The van der Waals surface area contributed by atoms with E-state index in [1.54, 1.807) is 24.3 Å². The molecule has 120 valence electrons. The standard InChI is InChI=1S/C16H15F2N3O2/c1-10(22)20-13-4-2-3-12(8-13)19-9-16(23)21-15-6-5-11(17)7-14(15)18/h2-8,19H,9H2,1H3,(H,20,22)(H,21,23). The zero-order valence-electron chi connectivity index (χ0n) is 12.3.